The van der Waals surface area contributed by atoms with Gasteiger partial charge in [-0.25, -0.2) is 4.99 Å². The molecule has 0 amide bonds. The van der Waals surface area contributed by atoms with Gasteiger partial charge in [-0.15, -0.1) is 34.2 Å². The Morgan fingerprint density at radius 3 is 2.46 bits per heavy atom. The van der Waals surface area contributed by atoms with Gasteiger partial charge < -0.3 is 19.5 Å². The topological polar surface area (TPSA) is 70.8 Å². The monoisotopic (exact) mass is 507 g/mol. The Morgan fingerprint density at radius 2 is 1.93 bits per heavy atom. The minimum Gasteiger partial charge on any atom is -0.383 e. The number of aliphatic imine (C=N–C) groups is 1. The third-order valence-electron chi connectivity index (χ3n) is 5.32. The number of aryl methyl sites for hydroxylation is 1. The van der Waals surface area contributed by atoms with E-state index in [9.17, 15) is 0 Å². The smallest absolute Gasteiger partial charge is 0.194 e. The Kier molecular flexibility index (Phi) is 11.3. The zero-order chi connectivity index (χ0) is 19.8. The molecular formula is C19H38IN7O. The van der Waals surface area contributed by atoms with Crippen LogP contribution in [0.15, 0.2) is 4.99 Å². The van der Waals surface area contributed by atoms with Crippen LogP contribution in [0, 0.1) is 6.92 Å². The molecule has 2 atom stereocenters. The molecule has 1 aliphatic heterocycles. The van der Waals surface area contributed by atoms with E-state index in [-0.39, 0.29) is 24.0 Å². The lowest BCUT2D eigenvalue weighted by atomic mass is 10.1. The summed E-state index contributed by atoms with van der Waals surface area (Å²) in [5.74, 6) is 2.78. The van der Waals surface area contributed by atoms with E-state index >= 15 is 0 Å². The number of methoxy groups -OCH3 is 1. The molecule has 9 heteroatoms. The SMILES string of the molecule is CCCCNC(=NCc1nnc(C)n1C)N1CC(C)N(CCOC)C(C)C1.I. The van der Waals surface area contributed by atoms with Gasteiger partial charge in [-0.05, 0) is 27.2 Å². The van der Waals surface area contributed by atoms with Gasteiger partial charge in [0.05, 0.1) is 6.61 Å². The van der Waals surface area contributed by atoms with Crippen molar-refractivity contribution in [1.82, 2.24) is 29.9 Å². The second-order valence-electron chi connectivity index (χ2n) is 7.48. The van der Waals surface area contributed by atoms with E-state index in [2.05, 4.69) is 46.1 Å². The molecule has 28 heavy (non-hydrogen) atoms. The molecule has 1 aromatic heterocycles. The lowest BCUT2D eigenvalue weighted by molar-refractivity contribution is 0.0443. The molecule has 1 aromatic rings. The van der Waals surface area contributed by atoms with Gasteiger partial charge in [0.2, 0.25) is 0 Å². The third kappa shape index (κ3) is 6.84. The first-order valence-corrected chi connectivity index (χ1v) is 10.1. The molecule has 1 saturated heterocycles. The average Bonchev–Trinajstić information content (AvgIpc) is 2.96. The fraction of sp³-hybridized carbons (Fsp3) is 0.842. The number of nitrogens with zero attached hydrogens (tertiary/aromatic N) is 6. The fourth-order valence-corrected chi connectivity index (χ4v) is 3.55. The summed E-state index contributed by atoms with van der Waals surface area (Å²) in [7, 11) is 3.76. The van der Waals surface area contributed by atoms with Crippen molar-refractivity contribution in [2.75, 3.05) is 39.9 Å². The van der Waals surface area contributed by atoms with Crippen molar-refractivity contribution in [2.24, 2.45) is 12.0 Å². The lowest BCUT2D eigenvalue weighted by Crippen LogP contribution is -2.60. The first-order valence-electron chi connectivity index (χ1n) is 10.1. The van der Waals surface area contributed by atoms with Crippen LogP contribution in [0.2, 0.25) is 0 Å². The van der Waals surface area contributed by atoms with Crippen molar-refractivity contribution >= 4 is 29.9 Å². The minimum atomic E-state index is 0. The Morgan fingerprint density at radius 1 is 1.25 bits per heavy atom. The highest BCUT2D eigenvalue weighted by Crippen LogP contribution is 2.16. The van der Waals surface area contributed by atoms with Gasteiger partial charge in [0.25, 0.3) is 0 Å². The molecule has 1 fully saturated rings. The van der Waals surface area contributed by atoms with Gasteiger partial charge in [0.15, 0.2) is 11.8 Å². The number of unbranched alkanes of at least 4 members (excludes halogenated alkanes) is 1. The van der Waals surface area contributed by atoms with E-state index in [1.54, 1.807) is 7.11 Å². The van der Waals surface area contributed by atoms with Crippen LogP contribution in [0.1, 0.15) is 45.3 Å². The summed E-state index contributed by atoms with van der Waals surface area (Å²) in [6.07, 6.45) is 2.31. The quantitative estimate of drug-likeness (QED) is 0.251. The van der Waals surface area contributed by atoms with Crippen LogP contribution in [0.25, 0.3) is 0 Å². The Labute approximate surface area is 187 Å². The second-order valence-corrected chi connectivity index (χ2v) is 7.48. The molecule has 162 valence electrons. The van der Waals surface area contributed by atoms with E-state index < -0.39 is 0 Å². The zero-order valence-corrected chi connectivity index (χ0v) is 20.6. The maximum Gasteiger partial charge on any atom is 0.194 e. The number of aromatic nitrogens is 3. The van der Waals surface area contributed by atoms with E-state index in [1.165, 1.54) is 6.42 Å². The predicted octanol–water partition coefficient (Wildman–Crippen LogP) is 2.03. The number of nitrogens with one attached hydrogen (secondary N) is 1. The molecule has 8 nitrogen and oxygen atoms in total. The van der Waals surface area contributed by atoms with Crippen molar-refractivity contribution < 1.29 is 4.74 Å². The Bertz CT molecular complexity index is 595. The van der Waals surface area contributed by atoms with Gasteiger partial charge in [0, 0.05) is 52.4 Å². The first-order chi connectivity index (χ1) is 13.0. The maximum atomic E-state index is 5.28. The summed E-state index contributed by atoms with van der Waals surface area (Å²) in [6.45, 7) is 13.9. The summed E-state index contributed by atoms with van der Waals surface area (Å²) in [6, 6.07) is 0.915. The van der Waals surface area contributed by atoms with Crippen LogP contribution in [0.3, 0.4) is 0 Å². The van der Waals surface area contributed by atoms with E-state index in [1.807, 2.05) is 18.5 Å². The van der Waals surface area contributed by atoms with E-state index in [4.69, 9.17) is 9.73 Å². The second kappa shape index (κ2) is 12.6. The number of halogens is 1. The number of ether oxygens (including phenoxy) is 1. The molecule has 1 aliphatic rings. The maximum absolute atomic E-state index is 5.28. The Balaban J connectivity index is 0.00000392. The van der Waals surface area contributed by atoms with Crippen LogP contribution in [0.4, 0.5) is 0 Å². The number of hydrogen-bond donors (Lipinski definition) is 1. The largest absolute Gasteiger partial charge is 0.383 e. The molecule has 0 radical (unpaired) electrons. The fourth-order valence-electron chi connectivity index (χ4n) is 3.55. The molecule has 0 bridgehead atoms. The normalized spacial score (nSPS) is 20.9. The molecular weight excluding hydrogens is 469 g/mol. The van der Waals surface area contributed by atoms with Crippen LogP contribution in [-0.4, -0.2) is 82.5 Å². The molecule has 0 saturated carbocycles. The van der Waals surface area contributed by atoms with Gasteiger partial charge in [-0.3, -0.25) is 4.90 Å². The van der Waals surface area contributed by atoms with Crippen molar-refractivity contribution in [1.29, 1.82) is 0 Å². The predicted molar refractivity (Wildman–Crippen MR) is 124 cm³/mol. The molecule has 0 aromatic carbocycles. The zero-order valence-electron chi connectivity index (χ0n) is 18.3. The van der Waals surface area contributed by atoms with Crippen LogP contribution >= 0.6 is 24.0 Å². The van der Waals surface area contributed by atoms with Crippen molar-refractivity contribution in [2.45, 2.75) is 59.2 Å². The van der Waals surface area contributed by atoms with Crippen LogP contribution in [0.5, 0.6) is 0 Å². The third-order valence-corrected chi connectivity index (χ3v) is 5.32. The van der Waals surface area contributed by atoms with Gasteiger partial charge in [-0.1, -0.05) is 13.3 Å². The molecule has 2 rings (SSSR count). The first kappa shape index (κ1) is 25.1. The summed E-state index contributed by atoms with van der Waals surface area (Å²) in [5.41, 5.74) is 0. The van der Waals surface area contributed by atoms with E-state index in [0.29, 0.717) is 18.6 Å². The standard InChI is InChI=1S/C19H37N7O.HI/c1-7-8-9-20-19(21-12-18-23-22-17(4)24(18)5)25-13-15(2)26(10-11-27-6)16(3)14-25;/h15-16H,7-14H2,1-6H3,(H,20,21);1H. The number of piperazine rings is 1. The highest BCUT2D eigenvalue weighted by molar-refractivity contribution is 14.0. The van der Waals surface area contributed by atoms with E-state index in [0.717, 1.165) is 56.8 Å². The average molecular weight is 507 g/mol. The Hall–Kier alpha value is -0.940. The molecule has 2 unspecified atom stereocenters. The van der Waals surface area contributed by atoms with Gasteiger partial charge in [-0.2, -0.15) is 0 Å². The highest BCUT2D eigenvalue weighted by atomic mass is 127. The summed E-state index contributed by atoms with van der Waals surface area (Å²) < 4.78 is 7.28. The van der Waals surface area contributed by atoms with Crippen molar-refractivity contribution in [3.8, 4) is 0 Å². The van der Waals surface area contributed by atoms with Crippen molar-refractivity contribution in [3.05, 3.63) is 11.6 Å². The summed E-state index contributed by atoms with van der Waals surface area (Å²) in [5, 5.41) is 11.9. The minimum absolute atomic E-state index is 0. The van der Waals surface area contributed by atoms with Crippen LogP contribution in [-0.2, 0) is 18.3 Å². The lowest BCUT2D eigenvalue weighted by Gasteiger charge is -2.45. The number of guanidine groups is 1. The van der Waals surface area contributed by atoms with Crippen molar-refractivity contribution in [3.63, 3.8) is 0 Å². The molecule has 0 spiro atoms. The summed E-state index contributed by atoms with van der Waals surface area (Å²) in [4.78, 5) is 9.79. The number of hydrogen-bond acceptors (Lipinski definition) is 5. The molecule has 1 N–H and O–H groups in total. The van der Waals surface area contributed by atoms with Crippen LogP contribution < -0.4 is 5.32 Å². The highest BCUT2D eigenvalue weighted by Gasteiger charge is 2.30. The summed E-state index contributed by atoms with van der Waals surface area (Å²) >= 11 is 0. The molecule has 2 heterocycles. The molecule has 0 aliphatic carbocycles. The van der Waals surface area contributed by atoms with Gasteiger partial charge >= 0.3 is 0 Å². The number of rotatable bonds is 8. The van der Waals surface area contributed by atoms with Gasteiger partial charge in [0.1, 0.15) is 12.4 Å².